The molecule has 0 saturated carbocycles. The molecule has 0 radical (unpaired) electrons. The van der Waals surface area contributed by atoms with Gasteiger partial charge in [0.25, 0.3) is 5.91 Å². The number of esters is 1. The van der Waals surface area contributed by atoms with Crippen LogP contribution in [0.3, 0.4) is 0 Å². The third kappa shape index (κ3) is 3.56. The Morgan fingerprint density at radius 2 is 1.97 bits per heavy atom. The summed E-state index contributed by atoms with van der Waals surface area (Å²) in [6.07, 6.45) is 3.55. The van der Waals surface area contributed by atoms with E-state index in [-0.39, 0.29) is 6.79 Å². The molecule has 34 heavy (non-hydrogen) atoms. The highest BCUT2D eigenvalue weighted by molar-refractivity contribution is 7.17. The lowest BCUT2D eigenvalue weighted by Crippen LogP contribution is -2.42. The fourth-order valence-corrected chi connectivity index (χ4v) is 5.82. The van der Waals surface area contributed by atoms with Gasteiger partial charge in [0.2, 0.25) is 12.7 Å². The fraction of sp³-hybridized carbons (Fsp3) is 0.391. The minimum atomic E-state index is -1.36. The molecule has 1 saturated heterocycles. The van der Waals surface area contributed by atoms with Gasteiger partial charge in [0, 0.05) is 4.88 Å². The van der Waals surface area contributed by atoms with Crippen LogP contribution in [0.25, 0.3) is 0 Å². The first-order valence-corrected chi connectivity index (χ1v) is 11.7. The van der Waals surface area contributed by atoms with Crippen molar-refractivity contribution in [1.82, 2.24) is 10.2 Å². The maximum Gasteiger partial charge on any atom is 0.341 e. The van der Waals surface area contributed by atoms with Crippen molar-refractivity contribution in [3.05, 3.63) is 39.8 Å². The first-order valence-electron chi connectivity index (χ1n) is 10.9. The van der Waals surface area contributed by atoms with E-state index in [1.165, 1.54) is 18.4 Å². The molecule has 11 heteroatoms. The summed E-state index contributed by atoms with van der Waals surface area (Å²) in [6, 6.07) is 4.31. The Kier molecular flexibility index (Phi) is 5.43. The Balaban J connectivity index is 1.35. The van der Waals surface area contributed by atoms with E-state index in [1.807, 2.05) is 0 Å². The van der Waals surface area contributed by atoms with Gasteiger partial charge in [0.15, 0.2) is 11.5 Å². The Labute approximate surface area is 199 Å². The second-order valence-corrected chi connectivity index (χ2v) is 9.57. The van der Waals surface area contributed by atoms with Crippen LogP contribution in [0, 0.1) is 0 Å². The number of aryl methyl sites for hydroxylation is 1. The van der Waals surface area contributed by atoms with Gasteiger partial charge in [0.05, 0.1) is 12.7 Å². The SMILES string of the molecule is COC(=O)c1c(NC(=O)CN2C(=O)NC(C)(c3ccc4c(c3)OCO4)C2=O)sc2c1CCCC2. The fourth-order valence-electron chi connectivity index (χ4n) is 4.53. The highest BCUT2D eigenvalue weighted by atomic mass is 32.1. The molecule has 3 heterocycles. The summed E-state index contributed by atoms with van der Waals surface area (Å²) in [5.74, 6) is -0.623. The summed E-state index contributed by atoms with van der Waals surface area (Å²) >= 11 is 1.34. The van der Waals surface area contributed by atoms with Gasteiger partial charge < -0.3 is 24.8 Å². The van der Waals surface area contributed by atoms with E-state index in [0.29, 0.717) is 27.6 Å². The number of rotatable bonds is 5. The number of nitrogens with one attached hydrogen (secondary N) is 2. The van der Waals surface area contributed by atoms with Crippen molar-refractivity contribution in [2.24, 2.45) is 0 Å². The van der Waals surface area contributed by atoms with Crippen LogP contribution in [0.4, 0.5) is 9.80 Å². The highest BCUT2D eigenvalue weighted by Crippen LogP contribution is 2.39. The normalized spacial score (nSPS) is 20.7. The molecule has 0 bridgehead atoms. The molecule has 1 unspecified atom stereocenters. The molecule has 5 rings (SSSR count). The van der Waals surface area contributed by atoms with Crippen molar-refractivity contribution in [2.75, 3.05) is 25.8 Å². The average Bonchev–Trinajstić information content (AvgIpc) is 3.49. The van der Waals surface area contributed by atoms with Crippen LogP contribution in [0.15, 0.2) is 18.2 Å². The Hall–Kier alpha value is -3.60. The van der Waals surface area contributed by atoms with E-state index in [1.54, 1.807) is 25.1 Å². The molecule has 178 valence electrons. The molecule has 1 aromatic carbocycles. The molecule has 4 amide bonds. The summed E-state index contributed by atoms with van der Waals surface area (Å²) in [4.78, 5) is 53.1. The second-order valence-electron chi connectivity index (χ2n) is 8.47. The third-order valence-corrected chi connectivity index (χ3v) is 7.55. The number of amides is 4. The van der Waals surface area contributed by atoms with E-state index in [4.69, 9.17) is 14.2 Å². The van der Waals surface area contributed by atoms with Crippen molar-refractivity contribution >= 4 is 40.2 Å². The zero-order valence-corrected chi connectivity index (χ0v) is 19.5. The van der Waals surface area contributed by atoms with Gasteiger partial charge in [0.1, 0.15) is 17.1 Å². The standard InChI is InChI=1S/C23H23N3O7S/c1-23(12-7-8-14-15(9-12)33-11-32-14)21(29)26(22(30)25-23)10-17(27)24-19-18(20(28)31-2)13-5-3-4-6-16(13)34-19/h7-9H,3-6,10-11H2,1-2H3,(H,24,27)(H,25,30). The first-order chi connectivity index (χ1) is 16.3. The van der Waals surface area contributed by atoms with Gasteiger partial charge in [-0.05, 0) is 55.9 Å². The number of carbonyl (C=O) groups excluding carboxylic acids is 4. The number of thiophene rings is 1. The topological polar surface area (TPSA) is 123 Å². The molecule has 3 aliphatic rings. The van der Waals surface area contributed by atoms with Crippen molar-refractivity contribution in [3.8, 4) is 11.5 Å². The van der Waals surface area contributed by atoms with Crippen molar-refractivity contribution in [3.63, 3.8) is 0 Å². The van der Waals surface area contributed by atoms with Gasteiger partial charge in [-0.1, -0.05) is 6.07 Å². The number of ether oxygens (including phenoxy) is 3. The van der Waals surface area contributed by atoms with Crippen LogP contribution in [0.2, 0.25) is 0 Å². The van der Waals surface area contributed by atoms with Crippen LogP contribution in [-0.2, 0) is 32.7 Å². The number of imide groups is 1. The maximum absolute atomic E-state index is 13.2. The molecular weight excluding hydrogens is 462 g/mol. The van der Waals surface area contributed by atoms with Crippen LogP contribution >= 0.6 is 11.3 Å². The maximum atomic E-state index is 13.2. The highest BCUT2D eigenvalue weighted by Gasteiger charge is 2.50. The Bertz CT molecular complexity index is 1220. The van der Waals surface area contributed by atoms with Crippen molar-refractivity contribution in [2.45, 2.75) is 38.1 Å². The Morgan fingerprint density at radius 1 is 1.21 bits per heavy atom. The zero-order valence-electron chi connectivity index (χ0n) is 18.7. The molecule has 2 N–H and O–H groups in total. The van der Waals surface area contributed by atoms with Crippen LogP contribution in [0.5, 0.6) is 11.5 Å². The summed E-state index contributed by atoms with van der Waals surface area (Å²) in [5.41, 5.74) is 0.413. The Morgan fingerprint density at radius 3 is 2.76 bits per heavy atom. The molecule has 10 nitrogen and oxygen atoms in total. The lowest BCUT2D eigenvalue weighted by atomic mass is 9.91. The molecule has 1 atom stereocenters. The molecular formula is C23H23N3O7S. The van der Waals surface area contributed by atoms with Gasteiger partial charge in [-0.2, -0.15) is 0 Å². The molecule has 1 aliphatic carbocycles. The largest absolute Gasteiger partial charge is 0.465 e. The molecule has 0 spiro atoms. The number of hydrogen-bond acceptors (Lipinski definition) is 8. The minimum Gasteiger partial charge on any atom is -0.465 e. The van der Waals surface area contributed by atoms with E-state index in [9.17, 15) is 19.2 Å². The van der Waals surface area contributed by atoms with Crippen molar-refractivity contribution in [1.29, 1.82) is 0 Å². The molecule has 1 aromatic heterocycles. The van der Waals surface area contributed by atoms with E-state index in [0.717, 1.165) is 41.0 Å². The lowest BCUT2D eigenvalue weighted by molar-refractivity contribution is -0.133. The number of urea groups is 1. The first kappa shape index (κ1) is 22.2. The smallest absolute Gasteiger partial charge is 0.341 e. The summed E-state index contributed by atoms with van der Waals surface area (Å²) in [7, 11) is 1.30. The number of fused-ring (bicyclic) bond motifs is 2. The summed E-state index contributed by atoms with van der Waals surface area (Å²) in [5, 5.41) is 5.78. The average molecular weight is 486 g/mol. The summed E-state index contributed by atoms with van der Waals surface area (Å²) < 4.78 is 15.6. The molecule has 2 aromatic rings. The van der Waals surface area contributed by atoms with Crippen molar-refractivity contribution < 1.29 is 33.4 Å². The third-order valence-electron chi connectivity index (χ3n) is 6.34. The number of hydrogen-bond donors (Lipinski definition) is 2. The van der Waals surface area contributed by atoms with Gasteiger partial charge in [-0.25, -0.2) is 9.59 Å². The lowest BCUT2D eigenvalue weighted by Gasteiger charge is -2.22. The number of anilines is 1. The quantitative estimate of drug-likeness (QED) is 0.493. The van der Waals surface area contributed by atoms with E-state index >= 15 is 0 Å². The number of benzene rings is 1. The second kappa shape index (κ2) is 8.32. The van der Waals surface area contributed by atoms with Crippen LogP contribution in [-0.4, -0.2) is 49.2 Å². The van der Waals surface area contributed by atoms with E-state index in [2.05, 4.69) is 10.6 Å². The predicted molar refractivity (Wildman–Crippen MR) is 121 cm³/mol. The summed E-state index contributed by atoms with van der Waals surface area (Å²) in [6.45, 7) is 1.17. The number of nitrogens with zero attached hydrogens (tertiary/aromatic N) is 1. The number of carbonyl (C=O) groups is 4. The molecule has 2 aliphatic heterocycles. The van der Waals surface area contributed by atoms with Gasteiger partial charge in [-0.3, -0.25) is 14.5 Å². The molecule has 1 fully saturated rings. The van der Waals surface area contributed by atoms with Gasteiger partial charge >= 0.3 is 12.0 Å². The van der Waals surface area contributed by atoms with Crippen LogP contribution < -0.4 is 20.1 Å². The van der Waals surface area contributed by atoms with Gasteiger partial charge in [-0.15, -0.1) is 11.3 Å². The predicted octanol–water partition coefficient (Wildman–Crippen LogP) is 2.55. The van der Waals surface area contributed by atoms with Crippen LogP contribution in [0.1, 0.15) is 46.1 Å². The monoisotopic (exact) mass is 485 g/mol. The zero-order chi connectivity index (χ0) is 24.0. The van der Waals surface area contributed by atoms with E-state index < -0.39 is 35.9 Å². The number of methoxy groups -OCH3 is 1. The minimum absolute atomic E-state index is 0.0851.